The smallest absolute Gasteiger partial charge is 0.223 e. The summed E-state index contributed by atoms with van der Waals surface area (Å²) in [6.45, 7) is 2.69. The molecule has 0 heterocycles. The summed E-state index contributed by atoms with van der Waals surface area (Å²) in [7, 11) is 0. The summed E-state index contributed by atoms with van der Waals surface area (Å²) < 4.78 is 0. The Morgan fingerprint density at radius 1 is 1.25 bits per heavy atom. The molecule has 0 aliphatic heterocycles. The molecule has 1 aliphatic rings. The van der Waals surface area contributed by atoms with Crippen molar-refractivity contribution in [2.45, 2.75) is 51.9 Å². The lowest BCUT2D eigenvalue weighted by atomic mass is 9.90. The topological polar surface area (TPSA) is 49.3 Å². The van der Waals surface area contributed by atoms with Crippen molar-refractivity contribution < 1.29 is 9.90 Å². The average Bonchev–Trinajstić information content (AvgIpc) is 2.25. The quantitative estimate of drug-likeness (QED) is 0.772. The number of aliphatic hydroxyl groups excluding tert-OH is 1. The first-order chi connectivity index (χ1) is 7.74. The van der Waals surface area contributed by atoms with Crippen molar-refractivity contribution in [3.05, 3.63) is 0 Å². The van der Waals surface area contributed by atoms with Crippen LogP contribution in [0.3, 0.4) is 0 Å². The molecule has 0 aromatic heterocycles. The molecule has 16 heavy (non-hydrogen) atoms. The molecule has 1 aliphatic carbocycles. The molecule has 1 fully saturated rings. The predicted molar refractivity (Wildman–Crippen MR) is 65.1 cm³/mol. The van der Waals surface area contributed by atoms with Crippen LogP contribution in [0.4, 0.5) is 0 Å². The zero-order chi connectivity index (χ0) is 11.8. The largest absolute Gasteiger partial charge is 0.396 e. The maximum Gasteiger partial charge on any atom is 0.223 e. The van der Waals surface area contributed by atoms with E-state index in [0.717, 1.165) is 12.8 Å². The minimum atomic E-state index is 0.144. The van der Waals surface area contributed by atoms with Crippen molar-refractivity contribution in [3.63, 3.8) is 0 Å². The highest BCUT2D eigenvalue weighted by Crippen LogP contribution is 2.22. The number of amides is 1. The first-order valence-electron chi connectivity index (χ1n) is 6.62. The molecule has 0 spiro atoms. The predicted octanol–water partition coefficient (Wildman–Crippen LogP) is 2.09. The van der Waals surface area contributed by atoms with Crippen LogP contribution in [0.1, 0.15) is 51.9 Å². The lowest BCUT2D eigenvalue weighted by Crippen LogP contribution is -2.34. The number of nitrogens with one attached hydrogen (secondary N) is 1. The Labute approximate surface area is 98.6 Å². The molecule has 0 saturated heterocycles. The monoisotopic (exact) mass is 227 g/mol. The highest BCUT2D eigenvalue weighted by atomic mass is 16.3. The van der Waals surface area contributed by atoms with Gasteiger partial charge in [-0.1, -0.05) is 39.0 Å². The molecule has 1 rings (SSSR count). The minimum Gasteiger partial charge on any atom is -0.396 e. The fourth-order valence-corrected chi connectivity index (χ4v) is 2.20. The number of carbonyl (C=O) groups is 1. The zero-order valence-electron chi connectivity index (χ0n) is 10.4. The molecular weight excluding hydrogens is 202 g/mol. The summed E-state index contributed by atoms with van der Waals surface area (Å²) >= 11 is 0. The summed E-state index contributed by atoms with van der Waals surface area (Å²) in [6.07, 6.45) is 8.34. The van der Waals surface area contributed by atoms with Gasteiger partial charge in [0.2, 0.25) is 5.91 Å². The van der Waals surface area contributed by atoms with Gasteiger partial charge in [-0.05, 0) is 18.8 Å². The van der Waals surface area contributed by atoms with Gasteiger partial charge in [-0.2, -0.15) is 0 Å². The third-order valence-electron chi connectivity index (χ3n) is 3.41. The van der Waals surface area contributed by atoms with Crippen molar-refractivity contribution in [1.29, 1.82) is 0 Å². The van der Waals surface area contributed by atoms with Gasteiger partial charge in [0.15, 0.2) is 0 Å². The van der Waals surface area contributed by atoms with Gasteiger partial charge in [0.25, 0.3) is 0 Å². The normalized spacial score (nSPS) is 20.9. The number of aliphatic hydroxyl groups is 1. The summed E-state index contributed by atoms with van der Waals surface area (Å²) in [5.74, 6) is 0.575. The van der Waals surface area contributed by atoms with Gasteiger partial charge in [-0.15, -0.1) is 0 Å². The number of rotatable bonds is 4. The van der Waals surface area contributed by atoms with Crippen molar-refractivity contribution in [2.24, 2.45) is 11.8 Å². The second kappa shape index (κ2) is 7.66. The van der Waals surface area contributed by atoms with Crippen LogP contribution in [0.15, 0.2) is 0 Å². The van der Waals surface area contributed by atoms with Crippen LogP contribution in [0.5, 0.6) is 0 Å². The molecule has 0 bridgehead atoms. The second-order valence-electron chi connectivity index (χ2n) is 5.07. The van der Waals surface area contributed by atoms with E-state index in [4.69, 9.17) is 5.11 Å². The van der Waals surface area contributed by atoms with Gasteiger partial charge in [-0.25, -0.2) is 0 Å². The zero-order valence-corrected chi connectivity index (χ0v) is 10.4. The Balaban J connectivity index is 2.27. The third-order valence-corrected chi connectivity index (χ3v) is 3.41. The van der Waals surface area contributed by atoms with E-state index in [1.54, 1.807) is 0 Å². The van der Waals surface area contributed by atoms with Gasteiger partial charge >= 0.3 is 0 Å². The average molecular weight is 227 g/mol. The lowest BCUT2D eigenvalue weighted by molar-refractivity contribution is -0.125. The van der Waals surface area contributed by atoms with Crippen LogP contribution in [0.2, 0.25) is 0 Å². The molecule has 1 amide bonds. The van der Waals surface area contributed by atoms with E-state index >= 15 is 0 Å². The minimum absolute atomic E-state index is 0.144. The number of hydrogen-bond donors (Lipinski definition) is 2. The Bertz CT molecular complexity index is 198. The summed E-state index contributed by atoms with van der Waals surface area (Å²) in [4.78, 5) is 11.9. The van der Waals surface area contributed by atoms with Crippen LogP contribution < -0.4 is 5.32 Å². The molecular formula is C13H25NO2. The van der Waals surface area contributed by atoms with Gasteiger partial charge in [0.1, 0.15) is 0 Å². The van der Waals surface area contributed by atoms with E-state index in [1.807, 2.05) is 6.92 Å². The molecule has 3 heteroatoms. The fraction of sp³-hybridized carbons (Fsp3) is 0.923. The van der Waals surface area contributed by atoms with Gasteiger partial charge in [-0.3, -0.25) is 4.79 Å². The van der Waals surface area contributed by atoms with E-state index < -0.39 is 0 Å². The first-order valence-corrected chi connectivity index (χ1v) is 6.62. The van der Waals surface area contributed by atoms with E-state index in [0.29, 0.717) is 6.54 Å². The van der Waals surface area contributed by atoms with Crippen LogP contribution in [0.25, 0.3) is 0 Å². The second-order valence-corrected chi connectivity index (χ2v) is 5.07. The summed E-state index contributed by atoms with van der Waals surface area (Å²) in [5, 5.41) is 11.8. The van der Waals surface area contributed by atoms with Crippen LogP contribution in [-0.2, 0) is 4.79 Å². The van der Waals surface area contributed by atoms with Crippen LogP contribution in [-0.4, -0.2) is 24.2 Å². The Kier molecular flexibility index (Phi) is 6.46. The molecule has 2 N–H and O–H groups in total. The first kappa shape index (κ1) is 13.5. The lowest BCUT2D eigenvalue weighted by Gasteiger charge is -2.20. The highest BCUT2D eigenvalue weighted by Gasteiger charge is 2.19. The maximum atomic E-state index is 11.9. The van der Waals surface area contributed by atoms with Gasteiger partial charge in [0.05, 0.1) is 0 Å². The van der Waals surface area contributed by atoms with E-state index in [9.17, 15) is 4.79 Å². The van der Waals surface area contributed by atoms with Crippen molar-refractivity contribution in [2.75, 3.05) is 13.2 Å². The van der Waals surface area contributed by atoms with Crippen molar-refractivity contribution >= 4 is 5.91 Å². The van der Waals surface area contributed by atoms with Crippen LogP contribution in [0, 0.1) is 11.8 Å². The Morgan fingerprint density at radius 3 is 2.38 bits per heavy atom. The van der Waals surface area contributed by atoms with E-state index in [1.165, 1.54) is 32.1 Å². The molecule has 3 nitrogen and oxygen atoms in total. The number of carbonyl (C=O) groups excluding carboxylic acids is 1. The fourth-order valence-electron chi connectivity index (χ4n) is 2.20. The Hall–Kier alpha value is -0.570. The molecule has 1 atom stereocenters. The highest BCUT2D eigenvalue weighted by molar-refractivity contribution is 5.78. The SMILES string of the molecule is CC(CO)CNC(=O)C1CCCCCCC1. The molecule has 0 radical (unpaired) electrons. The van der Waals surface area contributed by atoms with Gasteiger partial charge in [0, 0.05) is 19.1 Å². The molecule has 0 aromatic carbocycles. The standard InChI is InChI=1S/C13H25NO2/c1-11(10-15)9-14-13(16)12-7-5-3-2-4-6-8-12/h11-12,15H,2-10H2,1H3,(H,14,16). The van der Waals surface area contributed by atoms with Crippen LogP contribution >= 0.6 is 0 Å². The number of hydrogen-bond acceptors (Lipinski definition) is 2. The van der Waals surface area contributed by atoms with Gasteiger partial charge < -0.3 is 10.4 Å². The maximum absolute atomic E-state index is 11.9. The molecule has 94 valence electrons. The van der Waals surface area contributed by atoms with E-state index in [2.05, 4.69) is 5.32 Å². The molecule has 0 aromatic rings. The molecule has 1 unspecified atom stereocenters. The van der Waals surface area contributed by atoms with Crippen molar-refractivity contribution in [3.8, 4) is 0 Å². The third kappa shape index (κ3) is 4.97. The van der Waals surface area contributed by atoms with Crippen molar-refractivity contribution in [1.82, 2.24) is 5.32 Å². The van der Waals surface area contributed by atoms with E-state index in [-0.39, 0.29) is 24.3 Å². The summed E-state index contributed by atoms with van der Waals surface area (Å²) in [5.41, 5.74) is 0. The Morgan fingerprint density at radius 2 is 1.81 bits per heavy atom. The molecule has 1 saturated carbocycles. The summed E-state index contributed by atoms with van der Waals surface area (Å²) in [6, 6.07) is 0.